The van der Waals surface area contributed by atoms with Gasteiger partial charge in [-0.15, -0.1) is 0 Å². The van der Waals surface area contributed by atoms with Crippen LogP contribution in [0.2, 0.25) is 0 Å². The lowest BCUT2D eigenvalue weighted by Crippen LogP contribution is -2.42. The third-order valence-corrected chi connectivity index (χ3v) is 2.96. The van der Waals surface area contributed by atoms with Crippen LogP contribution in [-0.2, 0) is 4.79 Å². The molecule has 1 aromatic heterocycles. The van der Waals surface area contributed by atoms with E-state index in [-0.39, 0.29) is 12.1 Å². The van der Waals surface area contributed by atoms with E-state index in [0.29, 0.717) is 0 Å². The molecule has 0 fully saturated rings. The number of fused-ring (bicyclic) bond motifs is 1. The molecular weight excluding hydrogens is 226 g/mol. The van der Waals surface area contributed by atoms with Crippen LogP contribution in [0.15, 0.2) is 30.3 Å². The van der Waals surface area contributed by atoms with Gasteiger partial charge in [0.1, 0.15) is 0 Å². The number of hydrogen-bond donors (Lipinski definition) is 2. The van der Waals surface area contributed by atoms with E-state index in [1.54, 1.807) is 6.42 Å². The maximum absolute atomic E-state index is 11.8. The van der Waals surface area contributed by atoms with Crippen molar-refractivity contribution in [1.29, 1.82) is 0 Å². The van der Waals surface area contributed by atoms with Crippen molar-refractivity contribution in [2.75, 3.05) is 14.1 Å². The van der Waals surface area contributed by atoms with E-state index in [1.165, 1.54) is 0 Å². The summed E-state index contributed by atoms with van der Waals surface area (Å²) in [5, 5.41) is 3.99. The summed E-state index contributed by atoms with van der Waals surface area (Å²) < 4.78 is 0. The third-order valence-electron chi connectivity index (χ3n) is 2.96. The first-order chi connectivity index (χ1) is 8.56. The fourth-order valence-corrected chi connectivity index (χ4v) is 1.69. The number of para-hydroxylation sites is 1. The highest BCUT2D eigenvalue weighted by molar-refractivity contribution is 5.90. The van der Waals surface area contributed by atoms with E-state index in [9.17, 15) is 4.79 Å². The van der Waals surface area contributed by atoms with E-state index in [4.69, 9.17) is 0 Å². The summed E-state index contributed by atoms with van der Waals surface area (Å²) >= 11 is 0. The summed E-state index contributed by atoms with van der Waals surface area (Å²) in [7, 11) is 3.85. The fraction of sp³-hybridized carbons (Fsp3) is 0.286. The van der Waals surface area contributed by atoms with Crippen LogP contribution in [-0.4, -0.2) is 36.1 Å². The summed E-state index contributed by atoms with van der Waals surface area (Å²) in [5.41, 5.74) is 1.86. The van der Waals surface area contributed by atoms with E-state index in [0.717, 1.165) is 16.6 Å². The smallest absolute Gasteiger partial charge is 0.231 e. The van der Waals surface area contributed by atoms with Crippen molar-refractivity contribution in [1.82, 2.24) is 15.2 Å². The zero-order valence-electron chi connectivity index (χ0n) is 10.9. The Hall–Kier alpha value is -1.81. The first kappa shape index (κ1) is 12.6. The zero-order valence-corrected chi connectivity index (χ0v) is 10.9. The largest absolute Gasteiger partial charge is 0.358 e. The molecule has 0 aliphatic carbocycles. The lowest BCUT2D eigenvalue weighted by atomic mass is 10.2. The van der Waals surface area contributed by atoms with Crippen molar-refractivity contribution >= 4 is 16.8 Å². The molecule has 0 saturated heterocycles. The van der Waals surface area contributed by atoms with E-state index >= 15 is 0 Å². The fourth-order valence-electron chi connectivity index (χ4n) is 1.69. The normalized spacial score (nSPS) is 12.9. The Labute approximate surface area is 107 Å². The summed E-state index contributed by atoms with van der Waals surface area (Å²) in [6.45, 7) is 1.94. The molecule has 1 atom stereocenters. The van der Waals surface area contributed by atoms with Crippen molar-refractivity contribution in [3.8, 4) is 0 Å². The van der Waals surface area contributed by atoms with Crippen LogP contribution in [0.1, 0.15) is 12.6 Å². The van der Waals surface area contributed by atoms with Crippen molar-refractivity contribution < 1.29 is 4.79 Å². The second-order valence-corrected chi connectivity index (χ2v) is 4.60. The average Bonchev–Trinajstić information content (AvgIpc) is 2.70. The number of aromatic amines is 1. The van der Waals surface area contributed by atoms with Gasteiger partial charge < -0.3 is 10.3 Å². The van der Waals surface area contributed by atoms with Gasteiger partial charge in [0.15, 0.2) is 0 Å². The molecule has 0 aliphatic heterocycles. The number of hydrogen-bond acceptors (Lipinski definition) is 2. The number of nitrogens with one attached hydrogen (secondary N) is 2. The molecule has 0 aliphatic rings. The van der Waals surface area contributed by atoms with Crippen molar-refractivity contribution in [3.05, 3.63) is 42.4 Å². The molecule has 2 aromatic rings. The number of rotatable bonds is 4. The topological polar surface area (TPSA) is 48.1 Å². The minimum Gasteiger partial charge on any atom is -0.358 e. The Kier molecular flexibility index (Phi) is 3.67. The first-order valence-corrected chi connectivity index (χ1v) is 5.95. The summed E-state index contributed by atoms with van der Waals surface area (Å²) in [6.07, 6.45) is 1.60. The Bertz CT molecular complexity index is 512. The van der Waals surface area contributed by atoms with Gasteiger partial charge >= 0.3 is 0 Å². The Balaban J connectivity index is 2.03. The van der Waals surface area contributed by atoms with Gasteiger partial charge in [-0.05, 0) is 38.5 Å². The molecule has 2 rings (SSSR count). The van der Waals surface area contributed by atoms with Crippen LogP contribution in [0.5, 0.6) is 0 Å². The molecule has 0 saturated carbocycles. The Morgan fingerprint density at radius 1 is 1.39 bits per heavy atom. The maximum atomic E-state index is 11.8. The van der Waals surface area contributed by atoms with E-state index < -0.39 is 0 Å². The van der Waals surface area contributed by atoms with E-state index in [2.05, 4.69) is 10.3 Å². The zero-order chi connectivity index (χ0) is 13.1. The van der Waals surface area contributed by atoms with Gasteiger partial charge in [0, 0.05) is 11.2 Å². The lowest BCUT2D eigenvalue weighted by molar-refractivity contribution is -0.119. The van der Waals surface area contributed by atoms with Crippen LogP contribution in [0, 0.1) is 6.42 Å². The van der Waals surface area contributed by atoms with Crippen LogP contribution in [0.25, 0.3) is 10.9 Å². The quantitative estimate of drug-likeness (QED) is 0.805. The molecular formula is C14H18N3O. The summed E-state index contributed by atoms with van der Waals surface area (Å²) in [6, 6.07) is 9.93. The first-order valence-electron chi connectivity index (χ1n) is 5.95. The minimum atomic E-state index is -0.0947. The third kappa shape index (κ3) is 2.90. The molecule has 95 valence electrons. The van der Waals surface area contributed by atoms with Gasteiger partial charge in [-0.2, -0.15) is 0 Å². The van der Waals surface area contributed by atoms with Crippen molar-refractivity contribution in [2.24, 2.45) is 0 Å². The van der Waals surface area contributed by atoms with Gasteiger partial charge in [0.05, 0.1) is 12.6 Å². The molecule has 4 heteroatoms. The number of carbonyl (C=O) groups is 1. The van der Waals surface area contributed by atoms with Gasteiger partial charge in [0.2, 0.25) is 5.91 Å². The van der Waals surface area contributed by atoms with Crippen LogP contribution < -0.4 is 5.32 Å². The number of aromatic nitrogens is 1. The molecule has 0 bridgehead atoms. The minimum absolute atomic E-state index is 0.0122. The van der Waals surface area contributed by atoms with Crippen LogP contribution in [0.3, 0.4) is 0 Å². The van der Waals surface area contributed by atoms with Gasteiger partial charge in [0.25, 0.3) is 0 Å². The van der Waals surface area contributed by atoms with E-state index in [1.807, 2.05) is 56.3 Å². The number of H-pyrrole nitrogens is 1. The predicted octanol–water partition coefficient (Wildman–Crippen LogP) is 1.74. The van der Waals surface area contributed by atoms with Crippen LogP contribution in [0.4, 0.5) is 0 Å². The molecule has 2 N–H and O–H groups in total. The van der Waals surface area contributed by atoms with Gasteiger partial charge in [-0.25, -0.2) is 0 Å². The monoisotopic (exact) mass is 244 g/mol. The average molecular weight is 244 g/mol. The standard InChI is InChI=1S/C14H18N3O/c1-10(17(2)3)15-14(18)9-12-8-11-6-4-5-7-13(11)16-12/h4-10,16H,1-3H3,(H,15,18). The molecule has 18 heavy (non-hydrogen) atoms. The molecule has 0 spiro atoms. The SMILES string of the molecule is CC(NC(=O)[CH]c1cc2ccccc2[nH]1)N(C)C. The Morgan fingerprint density at radius 2 is 2.11 bits per heavy atom. The van der Waals surface area contributed by atoms with Gasteiger partial charge in [-0.3, -0.25) is 9.69 Å². The molecule has 4 nitrogen and oxygen atoms in total. The molecule has 1 radical (unpaired) electrons. The number of benzene rings is 1. The number of nitrogens with zero attached hydrogens (tertiary/aromatic N) is 1. The number of amides is 1. The maximum Gasteiger partial charge on any atom is 0.231 e. The van der Waals surface area contributed by atoms with Crippen molar-refractivity contribution in [3.63, 3.8) is 0 Å². The van der Waals surface area contributed by atoms with Crippen molar-refractivity contribution in [2.45, 2.75) is 13.1 Å². The highest BCUT2D eigenvalue weighted by Gasteiger charge is 2.11. The summed E-state index contributed by atoms with van der Waals surface area (Å²) in [5.74, 6) is -0.0947. The highest BCUT2D eigenvalue weighted by Crippen LogP contribution is 2.15. The molecule has 1 aromatic carbocycles. The van der Waals surface area contributed by atoms with Gasteiger partial charge in [-0.1, -0.05) is 18.2 Å². The predicted molar refractivity (Wildman–Crippen MR) is 73.0 cm³/mol. The molecule has 1 amide bonds. The molecule has 1 heterocycles. The lowest BCUT2D eigenvalue weighted by Gasteiger charge is -2.20. The number of carbonyl (C=O) groups excluding carboxylic acids is 1. The second-order valence-electron chi connectivity index (χ2n) is 4.60. The Morgan fingerprint density at radius 3 is 2.78 bits per heavy atom. The second kappa shape index (κ2) is 5.23. The summed E-state index contributed by atoms with van der Waals surface area (Å²) in [4.78, 5) is 16.9. The highest BCUT2D eigenvalue weighted by atomic mass is 16.1. The molecule has 1 unspecified atom stereocenters. The van der Waals surface area contributed by atoms with Crippen LogP contribution >= 0.6 is 0 Å².